The summed E-state index contributed by atoms with van der Waals surface area (Å²) in [6.07, 6.45) is 6.43. The Bertz CT molecular complexity index is 346. The molecule has 0 radical (unpaired) electrons. The summed E-state index contributed by atoms with van der Waals surface area (Å²) in [5.74, 6) is 0.742. The minimum atomic E-state index is 0.205. The zero-order chi connectivity index (χ0) is 13.9. The van der Waals surface area contributed by atoms with E-state index in [-0.39, 0.29) is 5.91 Å². The number of rotatable bonds is 9. The van der Waals surface area contributed by atoms with Crippen LogP contribution in [0.15, 0.2) is 30.3 Å². The van der Waals surface area contributed by atoms with Crippen molar-refractivity contribution in [3.8, 4) is 0 Å². The van der Waals surface area contributed by atoms with Crippen LogP contribution in [0.1, 0.15) is 51.5 Å². The first-order valence-corrected chi connectivity index (χ1v) is 7.49. The maximum Gasteiger partial charge on any atom is 0.220 e. The lowest BCUT2D eigenvalue weighted by molar-refractivity contribution is -0.121. The molecule has 0 heterocycles. The summed E-state index contributed by atoms with van der Waals surface area (Å²) in [5.41, 5.74) is 1.41. The molecule has 0 aromatic heterocycles. The quantitative estimate of drug-likeness (QED) is 0.670. The van der Waals surface area contributed by atoms with Crippen LogP contribution in [-0.4, -0.2) is 12.5 Å². The first-order chi connectivity index (χ1) is 9.18. The largest absolute Gasteiger partial charge is 0.356 e. The second-order valence-electron chi connectivity index (χ2n) is 5.60. The van der Waals surface area contributed by atoms with Gasteiger partial charge in [0, 0.05) is 13.0 Å². The average molecular weight is 261 g/mol. The second kappa shape index (κ2) is 9.60. The molecular formula is C17H27NO. The van der Waals surface area contributed by atoms with E-state index in [1.807, 2.05) is 0 Å². The summed E-state index contributed by atoms with van der Waals surface area (Å²) < 4.78 is 0. The number of nitrogens with one attached hydrogen (secondary N) is 1. The van der Waals surface area contributed by atoms with E-state index >= 15 is 0 Å². The number of unbranched alkanes of at least 4 members (excludes halogenated alkanes) is 3. The summed E-state index contributed by atoms with van der Waals surface area (Å²) in [7, 11) is 0. The Morgan fingerprint density at radius 1 is 1.05 bits per heavy atom. The third kappa shape index (κ3) is 8.41. The van der Waals surface area contributed by atoms with Gasteiger partial charge in [0.1, 0.15) is 0 Å². The van der Waals surface area contributed by atoms with Gasteiger partial charge in [-0.1, -0.05) is 57.0 Å². The standard InChI is InChI=1S/C17H27NO/c1-15(2)14-18-17(19)13-9-4-3-6-10-16-11-7-5-8-12-16/h5,7-8,11-12,15H,3-4,6,9-10,13-14H2,1-2H3,(H,18,19). The van der Waals surface area contributed by atoms with Crippen molar-refractivity contribution in [2.45, 2.75) is 52.4 Å². The minimum absolute atomic E-state index is 0.205. The van der Waals surface area contributed by atoms with Crippen molar-refractivity contribution in [2.75, 3.05) is 6.54 Å². The first-order valence-electron chi connectivity index (χ1n) is 7.49. The molecule has 0 bridgehead atoms. The number of carbonyl (C=O) groups is 1. The minimum Gasteiger partial charge on any atom is -0.356 e. The van der Waals surface area contributed by atoms with Gasteiger partial charge >= 0.3 is 0 Å². The highest BCUT2D eigenvalue weighted by atomic mass is 16.1. The summed E-state index contributed by atoms with van der Waals surface area (Å²) >= 11 is 0. The fraction of sp³-hybridized carbons (Fsp3) is 0.588. The molecule has 0 aliphatic carbocycles. The van der Waals surface area contributed by atoms with E-state index in [1.54, 1.807) is 0 Å². The highest BCUT2D eigenvalue weighted by molar-refractivity contribution is 5.75. The molecular weight excluding hydrogens is 234 g/mol. The lowest BCUT2D eigenvalue weighted by Crippen LogP contribution is -2.26. The molecule has 0 aliphatic rings. The number of amides is 1. The van der Waals surface area contributed by atoms with E-state index < -0.39 is 0 Å². The highest BCUT2D eigenvalue weighted by Crippen LogP contribution is 2.08. The van der Waals surface area contributed by atoms with E-state index in [4.69, 9.17) is 0 Å². The van der Waals surface area contributed by atoms with Crippen LogP contribution in [-0.2, 0) is 11.2 Å². The van der Waals surface area contributed by atoms with Gasteiger partial charge in [0.25, 0.3) is 0 Å². The Hall–Kier alpha value is -1.31. The third-order valence-electron chi connectivity index (χ3n) is 3.17. The van der Waals surface area contributed by atoms with Crippen LogP contribution in [0.4, 0.5) is 0 Å². The topological polar surface area (TPSA) is 29.1 Å². The molecule has 19 heavy (non-hydrogen) atoms. The number of hydrogen-bond acceptors (Lipinski definition) is 1. The Morgan fingerprint density at radius 3 is 2.42 bits per heavy atom. The predicted octanol–water partition coefficient (Wildman–Crippen LogP) is 3.95. The van der Waals surface area contributed by atoms with Gasteiger partial charge in [0.2, 0.25) is 5.91 Å². The van der Waals surface area contributed by atoms with Gasteiger partial charge in [-0.25, -0.2) is 0 Å². The lowest BCUT2D eigenvalue weighted by Gasteiger charge is -2.07. The molecule has 1 aromatic rings. The molecule has 1 rings (SSSR count). The van der Waals surface area contributed by atoms with E-state index in [2.05, 4.69) is 49.5 Å². The molecule has 106 valence electrons. The molecule has 1 aromatic carbocycles. The van der Waals surface area contributed by atoms with Crippen molar-refractivity contribution in [2.24, 2.45) is 5.92 Å². The Morgan fingerprint density at radius 2 is 1.74 bits per heavy atom. The molecule has 0 saturated heterocycles. The predicted molar refractivity (Wildman–Crippen MR) is 81.1 cm³/mol. The average Bonchev–Trinajstić information content (AvgIpc) is 2.41. The molecule has 2 nitrogen and oxygen atoms in total. The SMILES string of the molecule is CC(C)CNC(=O)CCCCCCc1ccccc1. The molecule has 0 saturated carbocycles. The second-order valence-corrected chi connectivity index (χ2v) is 5.60. The zero-order valence-corrected chi connectivity index (χ0v) is 12.3. The molecule has 2 heteroatoms. The molecule has 0 spiro atoms. The monoisotopic (exact) mass is 261 g/mol. The van der Waals surface area contributed by atoms with Crippen molar-refractivity contribution < 1.29 is 4.79 Å². The van der Waals surface area contributed by atoms with Crippen LogP contribution in [0, 0.1) is 5.92 Å². The van der Waals surface area contributed by atoms with Gasteiger partial charge in [0.05, 0.1) is 0 Å². The number of benzene rings is 1. The van der Waals surface area contributed by atoms with Crippen LogP contribution in [0.2, 0.25) is 0 Å². The van der Waals surface area contributed by atoms with Crippen molar-refractivity contribution in [3.05, 3.63) is 35.9 Å². The van der Waals surface area contributed by atoms with Gasteiger partial charge in [-0.2, -0.15) is 0 Å². The van der Waals surface area contributed by atoms with Crippen LogP contribution in [0.5, 0.6) is 0 Å². The van der Waals surface area contributed by atoms with E-state index in [0.717, 1.165) is 25.8 Å². The molecule has 1 N–H and O–H groups in total. The van der Waals surface area contributed by atoms with E-state index in [0.29, 0.717) is 12.3 Å². The van der Waals surface area contributed by atoms with Gasteiger partial charge < -0.3 is 5.32 Å². The Labute approximate surface area is 117 Å². The summed E-state index contributed by atoms with van der Waals surface area (Å²) in [5, 5.41) is 2.96. The Kier molecular flexibility index (Phi) is 7.95. The highest BCUT2D eigenvalue weighted by Gasteiger charge is 2.01. The normalized spacial score (nSPS) is 10.7. The summed E-state index contributed by atoms with van der Waals surface area (Å²) in [6, 6.07) is 10.6. The van der Waals surface area contributed by atoms with Crippen LogP contribution in [0.25, 0.3) is 0 Å². The van der Waals surface area contributed by atoms with Gasteiger partial charge in [0.15, 0.2) is 0 Å². The van der Waals surface area contributed by atoms with Crippen molar-refractivity contribution in [1.29, 1.82) is 0 Å². The maximum atomic E-state index is 11.5. The van der Waals surface area contributed by atoms with Crippen molar-refractivity contribution >= 4 is 5.91 Å². The molecule has 0 atom stereocenters. The number of carbonyl (C=O) groups excluding carboxylic acids is 1. The van der Waals surface area contributed by atoms with E-state index in [1.165, 1.54) is 18.4 Å². The zero-order valence-electron chi connectivity index (χ0n) is 12.3. The van der Waals surface area contributed by atoms with Crippen LogP contribution in [0.3, 0.4) is 0 Å². The van der Waals surface area contributed by atoms with Crippen LogP contribution >= 0.6 is 0 Å². The van der Waals surface area contributed by atoms with Crippen LogP contribution < -0.4 is 5.32 Å². The van der Waals surface area contributed by atoms with Crippen molar-refractivity contribution in [3.63, 3.8) is 0 Å². The van der Waals surface area contributed by atoms with Gasteiger partial charge in [-0.05, 0) is 30.7 Å². The number of aryl methyl sites for hydroxylation is 1. The fourth-order valence-electron chi connectivity index (χ4n) is 2.02. The van der Waals surface area contributed by atoms with Crippen molar-refractivity contribution in [1.82, 2.24) is 5.32 Å². The fourth-order valence-corrected chi connectivity index (χ4v) is 2.02. The first kappa shape index (κ1) is 15.7. The lowest BCUT2D eigenvalue weighted by atomic mass is 10.1. The smallest absolute Gasteiger partial charge is 0.220 e. The maximum absolute atomic E-state index is 11.5. The molecule has 0 unspecified atom stereocenters. The molecule has 1 amide bonds. The molecule has 0 fully saturated rings. The van der Waals surface area contributed by atoms with Gasteiger partial charge in [-0.3, -0.25) is 4.79 Å². The third-order valence-corrected chi connectivity index (χ3v) is 3.17. The number of hydrogen-bond donors (Lipinski definition) is 1. The van der Waals surface area contributed by atoms with Gasteiger partial charge in [-0.15, -0.1) is 0 Å². The summed E-state index contributed by atoms with van der Waals surface area (Å²) in [6.45, 7) is 5.03. The van der Waals surface area contributed by atoms with E-state index in [9.17, 15) is 4.79 Å². The summed E-state index contributed by atoms with van der Waals surface area (Å²) in [4.78, 5) is 11.5. The molecule has 0 aliphatic heterocycles. The Balaban J connectivity index is 1.95.